The fraction of sp³-hybridized carbons (Fsp3) is 0.417. The van der Waals surface area contributed by atoms with Crippen molar-refractivity contribution in [3.05, 3.63) is 30.1 Å². The molecule has 5 nitrogen and oxygen atoms in total. The molecule has 0 aliphatic rings. The maximum Gasteiger partial charge on any atom is 0.148 e. The molecular weight excluding hydrogens is 282 g/mol. The molecule has 2 N–H and O–H groups in total. The highest BCUT2D eigenvalue weighted by molar-refractivity contribution is 8.00. The van der Waals surface area contributed by atoms with Crippen molar-refractivity contribution in [2.45, 2.75) is 11.4 Å². The molecule has 104 valence electrons. The van der Waals surface area contributed by atoms with Crippen LogP contribution in [0.15, 0.2) is 29.4 Å². The molecule has 0 radical (unpaired) electrons. The van der Waals surface area contributed by atoms with Gasteiger partial charge in [-0.15, -0.1) is 11.8 Å². The van der Waals surface area contributed by atoms with Gasteiger partial charge in [-0.3, -0.25) is 0 Å². The number of nitrogens with two attached hydrogens (primary N) is 1. The third-order valence-corrected chi connectivity index (χ3v) is 4.88. The minimum Gasteiger partial charge on any atom is -0.330 e. The van der Waals surface area contributed by atoms with Crippen molar-refractivity contribution in [3.63, 3.8) is 0 Å². The summed E-state index contributed by atoms with van der Waals surface area (Å²) in [6.07, 6.45) is 3.93. The van der Waals surface area contributed by atoms with E-state index in [0.717, 1.165) is 22.8 Å². The Balaban J connectivity index is 2.23. The van der Waals surface area contributed by atoms with E-state index in [2.05, 4.69) is 4.98 Å². The van der Waals surface area contributed by atoms with Gasteiger partial charge in [-0.05, 0) is 18.7 Å². The molecule has 0 bridgehead atoms. The van der Waals surface area contributed by atoms with Gasteiger partial charge in [-0.25, -0.2) is 13.4 Å². The van der Waals surface area contributed by atoms with Crippen LogP contribution in [0.1, 0.15) is 5.69 Å². The van der Waals surface area contributed by atoms with Gasteiger partial charge in [0.25, 0.3) is 0 Å². The molecule has 7 heteroatoms. The molecule has 2 heterocycles. The normalized spacial score (nSPS) is 12.1. The molecule has 0 aliphatic heterocycles. The first-order valence-corrected chi connectivity index (χ1v) is 9.02. The summed E-state index contributed by atoms with van der Waals surface area (Å²) in [4.78, 5) is 4.53. The van der Waals surface area contributed by atoms with E-state index in [0.29, 0.717) is 12.3 Å². The van der Waals surface area contributed by atoms with Crippen molar-refractivity contribution in [2.24, 2.45) is 5.73 Å². The third-order valence-electron chi connectivity index (χ3n) is 2.67. The molecule has 0 aromatic carbocycles. The van der Waals surface area contributed by atoms with Gasteiger partial charge in [0.05, 0.1) is 11.4 Å². The van der Waals surface area contributed by atoms with Crippen molar-refractivity contribution in [1.29, 1.82) is 0 Å². The molecule has 2 aromatic rings. The summed E-state index contributed by atoms with van der Waals surface area (Å²) in [5.74, 6) is 0.674. The number of hydrogen-bond donors (Lipinski definition) is 1. The lowest BCUT2D eigenvalue weighted by molar-refractivity contribution is 0.603. The lowest BCUT2D eigenvalue weighted by Gasteiger charge is -2.03. The fourth-order valence-corrected chi connectivity index (χ4v) is 4.06. The quantitative estimate of drug-likeness (QED) is 0.804. The summed E-state index contributed by atoms with van der Waals surface area (Å²) >= 11 is 1.47. The second kappa shape index (κ2) is 5.94. The van der Waals surface area contributed by atoms with Crippen LogP contribution in [0.5, 0.6) is 0 Å². The molecule has 0 unspecified atom stereocenters. The Morgan fingerprint density at radius 3 is 2.89 bits per heavy atom. The average Bonchev–Trinajstić information content (AvgIpc) is 2.67. The van der Waals surface area contributed by atoms with Crippen molar-refractivity contribution < 1.29 is 8.42 Å². The number of imidazole rings is 1. The Kier molecular flexibility index (Phi) is 4.49. The number of pyridine rings is 1. The summed E-state index contributed by atoms with van der Waals surface area (Å²) in [5, 5.41) is 0.875. The summed E-state index contributed by atoms with van der Waals surface area (Å²) in [6, 6.07) is 5.81. The van der Waals surface area contributed by atoms with Crippen LogP contribution >= 0.6 is 11.8 Å². The zero-order valence-electron chi connectivity index (χ0n) is 10.7. The van der Waals surface area contributed by atoms with Crippen molar-refractivity contribution in [2.75, 3.05) is 24.3 Å². The number of aromatic nitrogens is 2. The molecule has 19 heavy (non-hydrogen) atoms. The van der Waals surface area contributed by atoms with Gasteiger partial charge >= 0.3 is 0 Å². The van der Waals surface area contributed by atoms with Crippen molar-refractivity contribution >= 4 is 27.2 Å². The Hall–Kier alpha value is -1.05. The number of fused-ring (bicyclic) bond motifs is 1. The molecule has 0 fully saturated rings. The fourth-order valence-electron chi connectivity index (χ4n) is 1.79. The average molecular weight is 299 g/mol. The van der Waals surface area contributed by atoms with E-state index in [1.807, 2.05) is 28.8 Å². The van der Waals surface area contributed by atoms with Crippen molar-refractivity contribution in [3.8, 4) is 0 Å². The third kappa shape index (κ3) is 3.71. The van der Waals surface area contributed by atoms with Crippen LogP contribution in [0.2, 0.25) is 0 Å². The van der Waals surface area contributed by atoms with Gasteiger partial charge < -0.3 is 10.1 Å². The lowest BCUT2D eigenvalue weighted by atomic mass is 10.3. The highest BCUT2D eigenvalue weighted by Crippen LogP contribution is 2.24. The lowest BCUT2D eigenvalue weighted by Crippen LogP contribution is -2.07. The minimum atomic E-state index is -2.93. The highest BCUT2D eigenvalue weighted by atomic mass is 32.2. The molecule has 0 amide bonds. The van der Waals surface area contributed by atoms with Crippen LogP contribution < -0.4 is 5.73 Å². The zero-order chi connectivity index (χ0) is 13.9. The van der Waals surface area contributed by atoms with E-state index in [4.69, 9.17) is 5.73 Å². The van der Waals surface area contributed by atoms with E-state index in [-0.39, 0.29) is 5.75 Å². The number of nitrogens with zero attached hydrogens (tertiary/aromatic N) is 2. The largest absolute Gasteiger partial charge is 0.330 e. The maximum atomic E-state index is 11.1. The monoisotopic (exact) mass is 299 g/mol. The smallest absolute Gasteiger partial charge is 0.148 e. The molecule has 0 saturated heterocycles. The zero-order valence-corrected chi connectivity index (χ0v) is 12.4. The maximum absolute atomic E-state index is 11.1. The van der Waals surface area contributed by atoms with Crippen LogP contribution in [-0.2, 0) is 16.3 Å². The molecule has 0 spiro atoms. The first kappa shape index (κ1) is 14.4. The Morgan fingerprint density at radius 1 is 1.42 bits per heavy atom. The standard InChI is InChI=1S/C12H17N3O2S2/c1-19(16,17)9-8-18-12-10(5-6-13)15-7-3-2-4-11(15)14-12/h2-4,7H,5-6,8-9,13H2,1H3. The number of hydrogen-bond acceptors (Lipinski definition) is 5. The molecule has 2 rings (SSSR count). The van der Waals surface area contributed by atoms with Gasteiger partial charge in [0.1, 0.15) is 20.5 Å². The van der Waals surface area contributed by atoms with E-state index in [1.54, 1.807) is 0 Å². The molecule has 2 aromatic heterocycles. The number of rotatable bonds is 6. The Bertz CT molecular complexity index is 665. The second-order valence-electron chi connectivity index (χ2n) is 4.31. The summed E-state index contributed by atoms with van der Waals surface area (Å²) in [7, 11) is -2.93. The second-order valence-corrected chi connectivity index (χ2v) is 7.65. The van der Waals surface area contributed by atoms with Crippen LogP contribution in [0, 0.1) is 0 Å². The van der Waals surface area contributed by atoms with E-state index < -0.39 is 9.84 Å². The highest BCUT2D eigenvalue weighted by Gasteiger charge is 2.12. The van der Waals surface area contributed by atoms with E-state index in [1.165, 1.54) is 18.0 Å². The van der Waals surface area contributed by atoms with Gasteiger partial charge in [0.2, 0.25) is 0 Å². The summed E-state index contributed by atoms with van der Waals surface area (Å²) < 4.78 is 24.3. The van der Waals surface area contributed by atoms with Gasteiger partial charge in [0, 0.05) is 24.6 Å². The first-order chi connectivity index (χ1) is 9.01. The first-order valence-electron chi connectivity index (χ1n) is 5.98. The molecule has 0 saturated carbocycles. The predicted molar refractivity (Wildman–Crippen MR) is 78.4 cm³/mol. The molecule has 0 aliphatic carbocycles. The van der Waals surface area contributed by atoms with Crippen LogP contribution in [0.3, 0.4) is 0 Å². The van der Waals surface area contributed by atoms with Gasteiger partial charge in [-0.2, -0.15) is 0 Å². The number of sulfone groups is 1. The molecule has 0 atom stereocenters. The summed E-state index contributed by atoms with van der Waals surface area (Å²) in [5.41, 5.74) is 7.55. The Morgan fingerprint density at radius 2 is 2.21 bits per heavy atom. The van der Waals surface area contributed by atoms with Gasteiger partial charge in [-0.1, -0.05) is 6.07 Å². The minimum absolute atomic E-state index is 0.160. The predicted octanol–water partition coefficient (Wildman–Crippen LogP) is 0.972. The van der Waals surface area contributed by atoms with Crippen molar-refractivity contribution in [1.82, 2.24) is 9.38 Å². The van der Waals surface area contributed by atoms with Crippen LogP contribution in [0.25, 0.3) is 5.65 Å². The summed E-state index contributed by atoms with van der Waals surface area (Å²) in [6.45, 7) is 0.544. The van der Waals surface area contributed by atoms with Crippen LogP contribution in [0.4, 0.5) is 0 Å². The van der Waals surface area contributed by atoms with Gasteiger partial charge in [0.15, 0.2) is 0 Å². The number of thioether (sulfide) groups is 1. The molecular formula is C12H17N3O2S2. The topological polar surface area (TPSA) is 77.5 Å². The van der Waals surface area contributed by atoms with E-state index in [9.17, 15) is 8.42 Å². The Labute approximate surface area is 117 Å². The van der Waals surface area contributed by atoms with Crippen LogP contribution in [-0.4, -0.2) is 42.1 Å². The van der Waals surface area contributed by atoms with E-state index >= 15 is 0 Å². The SMILES string of the molecule is CS(=O)(=O)CCSc1nc2ccccn2c1CCN.